The molecule has 1 aromatic heterocycles. The van der Waals surface area contributed by atoms with Crippen LogP contribution >= 0.6 is 23.2 Å². The maximum absolute atomic E-state index is 6.70. The quantitative estimate of drug-likeness (QED) is 0.367. The molecular formula is C24H28Cl2N4. The van der Waals surface area contributed by atoms with Crippen LogP contribution in [0.5, 0.6) is 0 Å². The van der Waals surface area contributed by atoms with E-state index in [-0.39, 0.29) is 6.04 Å². The Balaban J connectivity index is 1.85. The molecule has 1 atom stereocenters. The first-order chi connectivity index (χ1) is 14.5. The summed E-state index contributed by atoms with van der Waals surface area (Å²) in [5.41, 5.74) is 3.39. The molecule has 1 fully saturated rings. The van der Waals surface area contributed by atoms with E-state index in [1.54, 1.807) is 6.07 Å². The fourth-order valence-electron chi connectivity index (χ4n) is 3.87. The minimum absolute atomic E-state index is 0.105. The lowest BCUT2D eigenvalue weighted by Crippen LogP contribution is -2.26. The molecule has 1 aliphatic carbocycles. The van der Waals surface area contributed by atoms with Gasteiger partial charge in [0, 0.05) is 11.6 Å². The Morgan fingerprint density at radius 2 is 1.83 bits per heavy atom. The van der Waals surface area contributed by atoms with Gasteiger partial charge in [-0.25, -0.2) is 4.68 Å². The largest absolute Gasteiger partial charge is 0.300 e. The number of anilines is 2. The van der Waals surface area contributed by atoms with Crippen LogP contribution < -0.4 is 4.90 Å². The average molecular weight is 443 g/mol. The Labute approximate surface area is 188 Å². The van der Waals surface area contributed by atoms with E-state index in [9.17, 15) is 0 Å². The van der Waals surface area contributed by atoms with E-state index in [1.807, 2.05) is 23.7 Å². The SMILES string of the molecule is CCCn1nc(N(c2ccc(Cl)cc2Cl)[C@@H](CC2CC2)c2ccc(C)cc2)nc1C. The molecule has 0 unspecified atom stereocenters. The Hall–Kier alpha value is -2.04. The first kappa shape index (κ1) is 21.2. The molecule has 2 aromatic carbocycles. The molecule has 0 N–H and O–H groups in total. The van der Waals surface area contributed by atoms with Gasteiger partial charge in [0.15, 0.2) is 0 Å². The lowest BCUT2D eigenvalue weighted by molar-refractivity contribution is 0.561. The molecule has 0 spiro atoms. The molecular weight excluding hydrogens is 415 g/mol. The van der Waals surface area contributed by atoms with Gasteiger partial charge in [-0.1, -0.05) is 72.8 Å². The van der Waals surface area contributed by atoms with Crippen molar-refractivity contribution in [2.45, 2.75) is 59.0 Å². The zero-order valence-corrected chi connectivity index (χ0v) is 19.3. The highest BCUT2D eigenvalue weighted by molar-refractivity contribution is 6.36. The van der Waals surface area contributed by atoms with Crippen LogP contribution in [-0.4, -0.2) is 14.8 Å². The molecule has 1 heterocycles. The van der Waals surface area contributed by atoms with Crippen LogP contribution in [0.25, 0.3) is 0 Å². The van der Waals surface area contributed by atoms with Crippen molar-refractivity contribution in [3.63, 3.8) is 0 Å². The number of benzene rings is 2. The predicted octanol–water partition coefficient (Wildman–Crippen LogP) is 7.29. The summed E-state index contributed by atoms with van der Waals surface area (Å²) >= 11 is 12.9. The molecule has 30 heavy (non-hydrogen) atoms. The van der Waals surface area contributed by atoms with Gasteiger partial charge in [0.2, 0.25) is 5.95 Å². The van der Waals surface area contributed by atoms with E-state index in [0.717, 1.165) is 36.8 Å². The number of aryl methyl sites for hydroxylation is 3. The van der Waals surface area contributed by atoms with Gasteiger partial charge in [0.25, 0.3) is 0 Å². The average Bonchev–Trinajstić information content (AvgIpc) is 3.46. The van der Waals surface area contributed by atoms with E-state index in [4.69, 9.17) is 33.3 Å². The summed E-state index contributed by atoms with van der Waals surface area (Å²) in [5, 5.41) is 6.11. The summed E-state index contributed by atoms with van der Waals surface area (Å²) in [6, 6.07) is 14.5. The van der Waals surface area contributed by atoms with Crippen LogP contribution in [0.2, 0.25) is 10.0 Å². The van der Waals surface area contributed by atoms with E-state index in [1.165, 1.54) is 24.0 Å². The Morgan fingerprint density at radius 3 is 2.47 bits per heavy atom. The van der Waals surface area contributed by atoms with Gasteiger partial charge in [-0.2, -0.15) is 4.98 Å². The fraction of sp³-hybridized carbons (Fsp3) is 0.417. The minimum Gasteiger partial charge on any atom is -0.300 e. The normalized spacial score (nSPS) is 14.7. The topological polar surface area (TPSA) is 34.0 Å². The van der Waals surface area contributed by atoms with Crippen molar-refractivity contribution in [2.24, 2.45) is 5.92 Å². The van der Waals surface area contributed by atoms with Crippen LogP contribution in [0.3, 0.4) is 0 Å². The van der Waals surface area contributed by atoms with Crippen molar-refractivity contribution in [2.75, 3.05) is 4.90 Å². The molecule has 4 nitrogen and oxygen atoms in total. The van der Waals surface area contributed by atoms with Gasteiger partial charge in [0.05, 0.1) is 16.8 Å². The summed E-state index contributed by atoms with van der Waals surface area (Å²) < 4.78 is 1.98. The third-order valence-electron chi connectivity index (χ3n) is 5.69. The van der Waals surface area contributed by atoms with Gasteiger partial charge in [-0.15, -0.1) is 5.10 Å². The summed E-state index contributed by atoms with van der Waals surface area (Å²) in [4.78, 5) is 7.06. The van der Waals surface area contributed by atoms with Crippen molar-refractivity contribution < 1.29 is 0 Å². The van der Waals surface area contributed by atoms with Crippen molar-refractivity contribution >= 4 is 34.8 Å². The van der Waals surface area contributed by atoms with Crippen molar-refractivity contribution in [1.29, 1.82) is 0 Å². The van der Waals surface area contributed by atoms with Crippen LogP contribution in [-0.2, 0) is 6.54 Å². The predicted molar refractivity (Wildman–Crippen MR) is 125 cm³/mol. The highest BCUT2D eigenvalue weighted by atomic mass is 35.5. The van der Waals surface area contributed by atoms with Gasteiger partial charge in [-0.3, -0.25) is 0 Å². The zero-order valence-electron chi connectivity index (χ0n) is 17.8. The zero-order chi connectivity index (χ0) is 21.3. The first-order valence-corrected chi connectivity index (χ1v) is 11.4. The van der Waals surface area contributed by atoms with Crippen LogP contribution in [0.4, 0.5) is 11.6 Å². The maximum atomic E-state index is 6.70. The molecule has 1 aliphatic rings. The monoisotopic (exact) mass is 442 g/mol. The number of halogens is 2. The van der Waals surface area contributed by atoms with Crippen LogP contribution in [0.15, 0.2) is 42.5 Å². The van der Waals surface area contributed by atoms with Gasteiger partial charge >= 0.3 is 0 Å². The van der Waals surface area contributed by atoms with Crippen molar-refractivity contribution in [1.82, 2.24) is 14.8 Å². The molecule has 158 valence electrons. The molecule has 1 saturated carbocycles. The maximum Gasteiger partial charge on any atom is 0.250 e. The number of hydrogen-bond donors (Lipinski definition) is 0. The van der Waals surface area contributed by atoms with Crippen LogP contribution in [0, 0.1) is 19.8 Å². The lowest BCUT2D eigenvalue weighted by atomic mass is 9.98. The Bertz CT molecular complexity index is 1010. The molecule has 0 bridgehead atoms. The summed E-state index contributed by atoms with van der Waals surface area (Å²) in [6.07, 6.45) is 4.61. The van der Waals surface area contributed by atoms with Gasteiger partial charge in [0.1, 0.15) is 5.82 Å². The summed E-state index contributed by atoms with van der Waals surface area (Å²) in [5.74, 6) is 2.33. The highest BCUT2D eigenvalue weighted by Crippen LogP contribution is 2.45. The molecule has 0 radical (unpaired) electrons. The van der Waals surface area contributed by atoms with Crippen molar-refractivity contribution in [3.05, 3.63) is 69.5 Å². The Morgan fingerprint density at radius 1 is 1.10 bits per heavy atom. The highest BCUT2D eigenvalue weighted by Gasteiger charge is 2.33. The fourth-order valence-corrected chi connectivity index (χ4v) is 4.37. The standard InChI is InChI=1S/C24H28Cl2N4/c1-4-13-29-17(3)27-24(28-29)30(22-12-11-20(25)15-21(22)26)23(14-18-7-8-18)19-9-5-16(2)6-10-19/h5-6,9-12,15,18,23H,4,7-8,13-14H2,1-3H3/t23-/m0/s1. The molecule has 0 amide bonds. The molecule has 4 rings (SSSR count). The summed E-state index contributed by atoms with van der Waals surface area (Å²) in [6.45, 7) is 7.12. The van der Waals surface area contributed by atoms with Crippen LogP contribution in [0.1, 0.15) is 55.6 Å². The van der Waals surface area contributed by atoms with E-state index in [2.05, 4.69) is 43.0 Å². The second-order valence-corrected chi connectivity index (χ2v) is 9.10. The van der Waals surface area contributed by atoms with Gasteiger partial charge < -0.3 is 4.90 Å². The molecule has 6 heteroatoms. The lowest BCUT2D eigenvalue weighted by Gasteiger charge is -2.32. The molecule has 3 aromatic rings. The second-order valence-electron chi connectivity index (χ2n) is 8.25. The first-order valence-electron chi connectivity index (χ1n) is 10.7. The number of nitrogens with zero attached hydrogens (tertiary/aromatic N) is 4. The number of rotatable bonds is 8. The van der Waals surface area contributed by atoms with Crippen molar-refractivity contribution in [3.8, 4) is 0 Å². The molecule has 0 aliphatic heterocycles. The van der Waals surface area contributed by atoms with E-state index < -0.39 is 0 Å². The molecule has 0 saturated heterocycles. The number of aromatic nitrogens is 3. The minimum atomic E-state index is 0.105. The van der Waals surface area contributed by atoms with E-state index in [0.29, 0.717) is 16.0 Å². The number of hydrogen-bond acceptors (Lipinski definition) is 3. The second kappa shape index (κ2) is 8.99. The third-order valence-corrected chi connectivity index (χ3v) is 6.23. The third kappa shape index (κ3) is 4.65. The van der Waals surface area contributed by atoms with E-state index >= 15 is 0 Å². The Kier molecular flexibility index (Phi) is 6.35. The smallest absolute Gasteiger partial charge is 0.250 e. The summed E-state index contributed by atoms with van der Waals surface area (Å²) in [7, 11) is 0. The van der Waals surface area contributed by atoms with Gasteiger partial charge in [-0.05, 0) is 56.4 Å².